The number of alkyl halides is 1. The summed E-state index contributed by atoms with van der Waals surface area (Å²) in [5.41, 5.74) is -3.04. The van der Waals surface area contributed by atoms with Crippen molar-refractivity contribution in [3.8, 4) is 0 Å². The van der Waals surface area contributed by atoms with Gasteiger partial charge in [0.25, 0.3) is 0 Å². The molecule has 1 aliphatic heterocycles. The van der Waals surface area contributed by atoms with Crippen molar-refractivity contribution in [3.05, 3.63) is 35.4 Å². The highest BCUT2D eigenvalue weighted by Crippen LogP contribution is 2.43. The molecule has 1 fully saturated rings. The monoisotopic (exact) mass is 431 g/mol. The van der Waals surface area contributed by atoms with Gasteiger partial charge in [-0.25, -0.2) is 18.0 Å². The van der Waals surface area contributed by atoms with Crippen molar-refractivity contribution in [1.29, 1.82) is 0 Å². The number of likely N-dealkylation sites (tertiary alicyclic amines) is 1. The Hall–Kier alpha value is -1.38. The van der Waals surface area contributed by atoms with Crippen LogP contribution in [0.3, 0.4) is 0 Å². The third-order valence-corrected chi connectivity index (χ3v) is 9.11. The van der Waals surface area contributed by atoms with Crippen LogP contribution in [0.15, 0.2) is 18.2 Å². The molecular weight excluding hydrogens is 399 g/mol. The van der Waals surface area contributed by atoms with E-state index in [1.165, 1.54) is 6.07 Å². The lowest BCUT2D eigenvalue weighted by Gasteiger charge is -2.38. The van der Waals surface area contributed by atoms with E-state index in [2.05, 4.69) is 27.3 Å². The van der Waals surface area contributed by atoms with Gasteiger partial charge in [-0.1, -0.05) is 26.8 Å². The zero-order valence-electron chi connectivity index (χ0n) is 18.3. The van der Waals surface area contributed by atoms with E-state index in [1.54, 1.807) is 4.90 Å². The van der Waals surface area contributed by atoms with Crippen LogP contribution in [0.4, 0.5) is 13.2 Å². The summed E-state index contributed by atoms with van der Waals surface area (Å²) in [5.74, 6) is -3.78. The first kappa shape index (κ1) is 23.9. The van der Waals surface area contributed by atoms with Crippen LogP contribution in [0, 0.1) is 11.6 Å². The normalized spacial score (nSPS) is 24.6. The van der Waals surface area contributed by atoms with Gasteiger partial charge in [-0.05, 0) is 37.1 Å². The van der Waals surface area contributed by atoms with Gasteiger partial charge in [0.15, 0.2) is 9.04 Å². The third-order valence-electron chi connectivity index (χ3n) is 6.00. The lowest BCUT2D eigenvalue weighted by atomic mass is 9.86. The predicted molar refractivity (Wildman–Crippen MR) is 109 cm³/mol. The summed E-state index contributed by atoms with van der Waals surface area (Å²) in [6.07, 6.45) is 0. The van der Waals surface area contributed by atoms with E-state index >= 15 is 4.39 Å². The second-order valence-corrected chi connectivity index (χ2v) is 12.9. The highest BCUT2D eigenvalue weighted by atomic mass is 28.3. The second kappa shape index (κ2) is 8.39. The van der Waals surface area contributed by atoms with Gasteiger partial charge in [0.1, 0.15) is 11.6 Å². The zero-order chi connectivity index (χ0) is 22.2. The van der Waals surface area contributed by atoms with Gasteiger partial charge in [0, 0.05) is 30.6 Å². The van der Waals surface area contributed by atoms with Crippen molar-refractivity contribution in [2.24, 2.45) is 0 Å². The van der Waals surface area contributed by atoms with Gasteiger partial charge in [-0.15, -0.1) is 0 Å². The Bertz CT molecular complexity index is 753. The van der Waals surface area contributed by atoms with Gasteiger partial charge in [0.05, 0.1) is 13.7 Å². The van der Waals surface area contributed by atoms with Crippen LogP contribution in [0.25, 0.3) is 0 Å². The fraction of sp³-hybridized carbons (Fsp3) is 0.667. The number of halogens is 3. The molecule has 0 bridgehead atoms. The maximum absolute atomic E-state index is 15.9. The molecule has 3 atom stereocenters. The number of ether oxygens (including phenoxy) is 1. The number of carbonyl (C=O) groups is 1. The van der Waals surface area contributed by atoms with Gasteiger partial charge in [0.2, 0.25) is 5.67 Å². The molecule has 1 aromatic carbocycles. The summed E-state index contributed by atoms with van der Waals surface area (Å²) in [4.78, 5) is 14.1. The smallest absolute Gasteiger partial charge is 0.345 e. The van der Waals surface area contributed by atoms with E-state index in [-0.39, 0.29) is 23.7 Å². The molecule has 2 rings (SSSR count). The largest absolute Gasteiger partial charge is 0.467 e. The molecule has 0 amide bonds. The Morgan fingerprint density at radius 2 is 1.90 bits per heavy atom. The molecule has 1 heterocycles. The summed E-state index contributed by atoms with van der Waals surface area (Å²) in [7, 11) is -0.388. The topological polar surface area (TPSA) is 38.8 Å². The first-order chi connectivity index (χ1) is 13.2. The lowest BCUT2D eigenvalue weighted by Crippen LogP contribution is -2.50. The number of hydrogen-bond donors (Lipinski definition) is 0. The molecule has 0 saturated carbocycles. The van der Waals surface area contributed by atoms with Crippen LogP contribution in [-0.4, -0.2) is 57.9 Å². The minimum atomic E-state index is -2.43. The van der Waals surface area contributed by atoms with E-state index in [1.807, 2.05) is 13.8 Å². The van der Waals surface area contributed by atoms with Crippen molar-refractivity contribution in [3.63, 3.8) is 0 Å². The molecule has 1 unspecified atom stereocenters. The standard InChI is InChI=1S/C21H32F3NO3Si/c1-19(2,3)29(7)28-13-20(4,5)25-11-16(21(24,12-25)18(26)27-6)15-9-8-14(22)10-17(15)23/h8-10,16,29H,11-13H2,1-7H3/t16-,21-,29?/m0/s1. The molecule has 1 saturated heterocycles. The van der Waals surface area contributed by atoms with Crippen LogP contribution >= 0.6 is 0 Å². The molecule has 29 heavy (non-hydrogen) atoms. The highest BCUT2D eigenvalue weighted by Gasteiger charge is 2.57. The zero-order valence-corrected chi connectivity index (χ0v) is 19.5. The Balaban J connectivity index is 2.31. The van der Waals surface area contributed by atoms with Crippen LogP contribution in [0.2, 0.25) is 11.6 Å². The molecule has 1 aliphatic rings. The fourth-order valence-electron chi connectivity index (χ4n) is 3.45. The van der Waals surface area contributed by atoms with Gasteiger partial charge in [-0.3, -0.25) is 4.90 Å². The maximum atomic E-state index is 15.9. The maximum Gasteiger partial charge on any atom is 0.345 e. The first-order valence-corrected chi connectivity index (χ1v) is 12.0. The molecule has 4 nitrogen and oxygen atoms in total. The van der Waals surface area contributed by atoms with E-state index < -0.39 is 43.8 Å². The van der Waals surface area contributed by atoms with Crippen LogP contribution < -0.4 is 0 Å². The molecule has 0 N–H and O–H groups in total. The van der Waals surface area contributed by atoms with Gasteiger partial charge < -0.3 is 9.16 Å². The molecular formula is C21H32F3NO3Si. The van der Waals surface area contributed by atoms with E-state index in [4.69, 9.17) is 9.16 Å². The third kappa shape index (κ3) is 5.03. The molecule has 1 aromatic rings. The van der Waals surface area contributed by atoms with E-state index in [0.29, 0.717) is 12.7 Å². The summed E-state index contributed by atoms with van der Waals surface area (Å²) in [5, 5.41) is 0.0801. The summed E-state index contributed by atoms with van der Waals surface area (Å²) in [6.45, 7) is 12.5. The van der Waals surface area contributed by atoms with Crippen LogP contribution in [-0.2, 0) is 14.0 Å². The van der Waals surface area contributed by atoms with Gasteiger partial charge >= 0.3 is 5.97 Å². The Labute approximate surface area is 173 Å². The number of carbonyl (C=O) groups excluding carboxylic acids is 1. The van der Waals surface area contributed by atoms with Crippen molar-refractivity contribution in [2.75, 3.05) is 26.8 Å². The minimum absolute atomic E-state index is 0.0315. The van der Waals surface area contributed by atoms with Crippen molar-refractivity contribution in [1.82, 2.24) is 4.90 Å². The number of rotatable bonds is 6. The van der Waals surface area contributed by atoms with Crippen molar-refractivity contribution < 1.29 is 27.1 Å². The number of methoxy groups -OCH3 is 1. The SMILES string of the molecule is COC(=O)[C@]1(F)CN(C(C)(C)CO[SiH](C)C(C)(C)C)C[C@H]1c1ccc(F)cc1F. The molecule has 0 spiro atoms. The fourth-order valence-corrected chi connectivity index (χ4v) is 4.61. The molecule has 0 aromatic heterocycles. The second-order valence-electron chi connectivity index (χ2n) is 9.58. The van der Waals surface area contributed by atoms with Crippen LogP contribution in [0.5, 0.6) is 0 Å². The Kier molecular flexibility index (Phi) is 6.92. The number of esters is 1. The minimum Gasteiger partial charge on any atom is -0.467 e. The van der Waals surface area contributed by atoms with E-state index in [0.717, 1.165) is 13.2 Å². The van der Waals surface area contributed by atoms with Gasteiger partial charge in [-0.2, -0.15) is 0 Å². The Morgan fingerprint density at radius 3 is 2.41 bits per heavy atom. The summed E-state index contributed by atoms with van der Waals surface area (Å²) >= 11 is 0. The average Bonchev–Trinajstić information content (AvgIpc) is 2.97. The number of nitrogens with zero attached hydrogens (tertiary/aromatic N) is 1. The van der Waals surface area contributed by atoms with Crippen molar-refractivity contribution in [2.45, 2.75) is 63.3 Å². The van der Waals surface area contributed by atoms with Crippen LogP contribution in [0.1, 0.15) is 46.1 Å². The molecule has 8 heteroatoms. The Morgan fingerprint density at radius 1 is 1.28 bits per heavy atom. The predicted octanol–water partition coefficient (Wildman–Crippen LogP) is 4.19. The summed E-state index contributed by atoms with van der Waals surface area (Å²) in [6, 6.07) is 2.98. The highest BCUT2D eigenvalue weighted by molar-refractivity contribution is 6.53. The molecule has 0 radical (unpaired) electrons. The van der Waals surface area contributed by atoms with E-state index in [9.17, 15) is 13.6 Å². The quantitative estimate of drug-likeness (QED) is 0.500. The number of hydrogen-bond acceptors (Lipinski definition) is 4. The average molecular weight is 432 g/mol. The number of benzene rings is 1. The molecule has 164 valence electrons. The van der Waals surface area contributed by atoms with Crippen molar-refractivity contribution >= 4 is 15.0 Å². The lowest BCUT2D eigenvalue weighted by molar-refractivity contribution is -0.155. The molecule has 0 aliphatic carbocycles. The summed E-state index contributed by atoms with van der Waals surface area (Å²) < 4.78 is 54.5. The first-order valence-electron chi connectivity index (χ1n) is 9.81.